The summed E-state index contributed by atoms with van der Waals surface area (Å²) in [4.78, 5) is 18.9. The third-order valence-corrected chi connectivity index (χ3v) is 4.18. The Morgan fingerprint density at radius 1 is 1.25 bits per heavy atom. The lowest BCUT2D eigenvalue weighted by Gasteiger charge is -2.29. The average Bonchev–Trinajstić information content (AvgIpc) is 2.46. The van der Waals surface area contributed by atoms with Gasteiger partial charge in [-0.2, -0.15) is 0 Å². The highest BCUT2D eigenvalue weighted by Gasteiger charge is 2.24. The van der Waals surface area contributed by atoms with Crippen molar-refractivity contribution < 1.29 is 4.79 Å². The van der Waals surface area contributed by atoms with E-state index in [1.165, 1.54) is 5.56 Å². The third kappa shape index (κ3) is 2.36. The number of benzene rings is 1. The topological polar surface area (TPSA) is 33.2 Å². The van der Waals surface area contributed by atoms with Crippen LogP contribution in [0, 0.1) is 6.92 Å². The highest BCUT2D eigenvalue weighted by atomic mass is 79.9. The second kappa shape index (κ2) is 5.37. The largest absolute Gasteiger partial charge is 0.308 e. The number of fused-ring (bicyclic) bond motifs is 1. The molecular formula is C16H15BrN2O. The fourth-order valence-electron chi connectivity index (χ4n) is 2.57. The maximum atomic E-state index is 12.8. The average molecular weight is 331 g/mol. The summed E-state index contributed by atoms with van der Waals surface area (Å²) in [5.41, 5.74) is 3.78. The fraction of sp³-hybridized carbons (Fsp3) is 0.250. The van der Waals surface area contributed by atoms with E-state index in [4.69, 9.17) is 0 Å². The van der Waals surface area contributed by atoms with E-state index in [1.54, 1.807) is 0 Å². The molecule has 0 unspecified atom stereocenters. The third-order valence-electron chi connectivity index (χ3n) is 3.57. The molecule has 0 aliphatic carbocycles. The van der Waals surface area contributed by atoms with Crippen LogP contribution in [0.2, 0.25) is 0 Å². The molecule has 0 bridgehead atoms. The summed E-state index contributed by atoms with van der Waals surface area (Å²) in [6.45, 7) is 2.67. The van der Waals surface area contributed by atoms with Gasteiger partial charge in [0, 0.05) is 17.9 Å². The number of halogens is 1. The van der Waals surface area contributed by atoms with Crippen molar-refractivity contribution in [3.8, 4) is 0 Å². The fourth-order valence-corrected chi connectivity index (χ4v) is 3.16. The number of pyridine rings is 1. The van der Waals surface area contributed by atoms with Crippen LogP contribution >= 0.6 is 15.9 Å². The van der Waals surface area contributed by atoms with Crippen LogP contribution in [0.15, 0.2) is 41.0 Å². The molecule has 20 heavy (non-hydrogen) atoms. The van der Waals surface area contributed by atoms with Crippen LogP contribution in [0.4, 0.5) is 5.69 Å². The van der Waals surface area contributed by atoms with E-state index in [2.05, 4.69) is 27.0 Å². The Bertz CT molecular complexity index is 669. The van der Waals surface area contributed by atoms with E-state index in [0.29, 0.717) is 10.2 Å². The molecule has 1 amide bonds. The predicted molar refractivity (Wildman–Crippen MR) is 83.1 cm³/mol. The van der Waals surface area contributed by atoms with Crippen molar-refractivity contribution in [1.82, 2.24) is 4.98 Å². The Kier molecular flexibility index (Phi) is 3.57. The Balaban J connectivity index is 2.00. The number of amides is 1. The first kappa shape index (κ1) is 13.3. The van der Waals surface area contributed by atoms with Gasteiger partial charge in [0.15, 0.2) is 0 Å². The molecule has 1 aliphatic rings. The number of anilines is 1. The van der Waals surface area contributed by atoms with E-state index in [9.17, 15) is 4.79 Å². The van der Waals surface area contributed by atoms with Crippen molar-refractivity contribution in [2.45, 2.75) is 19.8 Å². The normalized spacial score (nSPS) is 14.0. The van der Waals surface area contributed by atoms with Gasteiger partial charge in [-0.1, -0.05) is 18.2 Å². The zero-order chi connectivity index (χ0) is 14.1. The smallest absolute Gasteiger partial charge is 0.261 e. The first-order valence-electron chi connectivity index (χ1n) is 6.70. The Hall–Kier alpha value is -1.68. The zero-order valence-corrected chi connectivity index (χ0v) is 12.9. The molecule has 0 spiro atoms. The molecule has 102 valence electrons. The van der Waals surface area contributed by atoms with E-state index in [0.717, 1.165) is 30.8 Å². The van der Waals surface area contributed by atoms with Gasteiger partial charge in [0.05, 0.1) is 5.56 Å². The van der Waals surface area contributed by atoms with Crippen molar-refractivity contribution in [2.24, 2.45) is 0 Å². The molecule has 0 fully saturated rings. The van der Waals surface area contributed by atoms with Gasteiger partial charge in [-0.25, -0.2) is 4.98 Å². The Labute approximate surface area is 126 Å². The molecule has 4 heteroatoms. The maximum absolute atomic E-state index is 12.8. The number of carbonyl (C=O) groups is 1. The predicted octanol–water partition coefficient (Wildman–Crippen LogP) is 3.75. The number of para-hydroxylation sites is 1. The van der Waals surface area contributed by atoms with Crippen LogP contribution in [-0.2, 0) is 6.42 Å². The van der Waals surface area contributed by atoms with E-state index < -0.39 is 0 Å². The molecule has 2 heterocycles. The minimum atomic E-state index is 0.0107. The summed E-state index contributed by atoms with van der Waals surface area (Å²) in [6.07, 6.45) is 2.03. The first-order valence-corrected chi connectivity index (χ1v) is 7.49. The van der Waals surface area contributed by atoms with E-state index in [-0.39, 0.29) is 5.91 Å². The molecule has 1 aromatic heterocycles. The molecule has 0 saturated carbocycles. The number of aryl methyl sites for hydroxylation is 2. The number of hydrogen-bond acceptors (Lipinski definition) is 2. The van der Waals surface area contributed by atoms with Gasteiger partial charge < -0.3 is 4.90 Å². The molecule has 0 N–H and O–H groups in total. The number of hydrogen-bond donors (Lipinski definition) is 0. The molecule has 3 rings (SSSR count). The van der Waals surface area contributed by atoms with Crippen molar-refractivity contribution in [3.05, 3.63) is 57.8 Å². The van der Waals surface area contributed by atoms with Crippen LogP contribution in [0.5, 0.6) is 0 Å². The van der Waals surface area contributed by atoms with Crippen LogP contribution in [0.25, 0.3) is 0 Å². The van der Waals surface area contributed by atoms with Crippen LogP contribution in [-0.4, -0.2) is 17.4 Å². The minimum Gasteiger partial charge on any atom is -0.308 e. The van der Waals surface area contributed by atoms with Gasteiger partial charge in [-0.05, 0) is 59.5 Å². The van der Waals surface area contributed by atoms with E-state index in [1.807, 2.05) is 42.2 Å². The zero-order valence-electron chi connectivity index (χ0n) is 11.3. The molecule has 2 aromatic rings. The summed E-state index contributed by atoms with van der Waals surface area (Å²) in [5, 5.41) is 0. The monoisotopic (exact) mass is 330 g/mol. The van der Waals surface area contributed by atoms with Crippen LogP contribution < -0.4 is 4.90 Å². The molecule has 0 saturated heterocycles. The second-order valence-corrected chi connectivity index (χ2v) is 5.73. The van der Waals surface area contributed by atoms with Crippen LogP contribution in [0.3, 0.4) is 0 Å². The standard InChI is InChI=1S/C16H15BrN2O/c1-11-8-9-13(15(17)18-11)16(20)19-10-4-6-12-5-2-3-7-14(12)19/h2-3,5,7-9H,4,6,10H2,1H3. The minimum absolute atomic E-state index is 0.0107. The highest BCUT2D eigenvalue weighted by molar-refractivity contribution is 9.10. The molecule has 0 atom stereocenters. The lowest BCUT2D eigenvalue weighted by atomic mass is 10.0. The van der Waals surface area contributed by atoms with E-state index >= 15 is 0 Å². The van der Waals surface area contributed by atoms with Gasteiger partial charge in [0.1, 0.15) is 4.60 Å². The highest BCUT2D eigenvalue weighted by Crippen LogP contribution is 2.29. The van der Waals surface area contributed by atoms with Gasteiger partial charge in [-0.3, -0.25) is 4.79 Å². The lowest BCUT2D eigenvalue weighted by Crippen LogP contribution is -2.35. The molecule has 1 aliphatic heterocycles. The summed E-state index contributed by atoms with van der Waals surface area (Å²) < 4.78 is 0.616. The summed E-state index contributed by atoms with van der Waals surface area (Å²) >= 11 is 3.40. The molecule has 3 nitrogen and oxygen atoms in total. The Morgan fingerprint density at radius 2 is 2.05 bits per heavy atom. The van der Waals surface area contributed by atoms with Gasteiger partial charge in [-0.15, -0.1) is 0 Å². The molecular weight excluding hydrogens is 316 g/mol. The van der Waals surface area contributed by atoms with Gasteiger partial charge in [0.2, 0.25) is 0 Å². The molecule has 1 aromatic carbocycles. The van der Waals surface area contributed by atoms with Crippen molar-refractivity contribution in [1.29, 1.82) is 0 Å². The summed E-state index contributed by atoms with van der Waals surface area (Å²) in [5.74, 6) is 0.0107. The molecule has 0 radical (unpaired) electrons. The summed E-state index contributed by atoms with van der Waals surface area (Å²) in [7, 11) is 0. The second-order valence-electron chi connectivity index (χ2n) is 4.98. The number of nitrogens with zero attached hydrogens (tertiary/aromatic N) is 2. The van der Waals surface area contributed by atoms with Gasteiger partial charge >= 0.3 is 0 Å². The number of carbonyl (C=O) groups excluding carboxylic acids is 1. The number of rotatable bonds is 1. The quantitative estimate of drug-likeness (QED) is 0.746. The summed E-state index contributed by atoms with van der Waals surface area (Å²) in [6, 6.07) is 11.8. The van der Waals surface area contributed by atoms with Crippen LogP contribution in [0.1, 0.15) is 28.0 Å². The number of aromatic nitrogens is 1. The van der Waals surface area contributed by atoms with Crippen molar-refractivity contribution in [3.63, 3.8) is 0 Å². The van der Waals surface area contributed by atoms with Crippen molar-refractivity contribution >= 4 is 27.5 Å². The maximum Gasteiger partial charge on any atom is 0.261 e. The SMILES string of the molecule is Cc1ccc(C(=O)N2CCCc3ccccc32)c(Br)n1. The van der Waals surface area contributed by atoms with Gasteiger partial charge in [0.25, 0.3) is 5.91 Å². The first-order chi connectivity index (χ1) is 9.66. The lowest BCUT2D eigenvalue weighted by molar-refractivity contribution is 0.0984. The Morgan fingerprint density at radius 3 is 2.85 bits per heavy atom. The van der Waals surface area contributed by atoms with Crippen molar-refractivity contribution in [2.75, 3.05) is 11.4 Å².